The second kappa shape index (κ2) is 4.48. The van der Waals surface area contributed by atoms with Crippen molar-refractivity contribution in [1.82, 2.24) is 9.55 Å². The van der Waals surface area contributed by atoms with E-state index in [1.54, 1.807) is 31.2 Å². The van der Waals surface area contributed by atoms with Crippen molar-refractivity contribution in [2.24, 2.45) is 0 Å². The fraction of sp³-hybridized carbons (Fsp3) is 0.250. The Morgan fingerprint density at radius 3 is 2.67 bits per heavy atom. The van der Waals surface area contributed by atoms with Crippen molar-refractivity contribution < 1.29 is 9.90 Å². The van der Waals surface area contributed by atoms with E-state index in [9.17, 15) is 14.4 Å². The lowest BCUT2D eigenvalue weighted by Crippen LogP contribution is -2.40. The van der Waals surface area contributed by atoms with Gasteiger partial charge in [-0.1, -0.05) is 19.1 Å². The second-order valence-electron chi connectivity index (χ2n) is 3.91. The van der Waals surface area contributed by atoms with E-state index in [-0.39, 0.29) is 6.42 Å². The van der Waals surface area contributed by atoms with Gasteiger partial charge in [0, 0.05) is 0 Å². The molecule has 0 bridgehead atoms. The minimum absolute atomic E-state index is 0.163. The molecule has 0 spiro atoms. The van der Waals surface area contributed by atoms with Gasteiger partial charge >= 0.3 is 11.7 Å². The van der Waals surface area contributed by atoms with Gasteiger partial charge < -0.3 is 10.1 Å². The predicted molar refractivity (Wildman–Crippen MR) is 65.8 cm³/mol. The number of carbonyl (C=O) groups is 1. The van der Waals surface area contributed by atoms with Crippen LogP contribution in [0.25, 0.3) is 10.9 Å². The molecule has 0 saturated carbocycles. The number of aromatic nitrogens is 2. The lowest BCUT2D eigenvalue weighted by molar-refractivity contribution is -0.141. The standard InChI is InChI=1S/C12H12N2O4/c1-2-9(11(16)17)14-10(15)7-5-3-4-6-8(7)13-12(14)18/h3-6,9H,2H2,1H3,(H,13,18)(H,16,17)/t9-/m1/s1. The van der Waals surface area contributed by atoms with Gasteiger partial charge in [0.2, 0.25) is 0 Å². The Morgan fingerprint density at radius 2 is 2.06 bits per heavy atom. The minimum atomic E-state index is -1.19. The van der Waals surface area contributed by atoms with Crippen LogP contribution in [0.4, 0.5) is 0 Å². The number of benzene rings is 1. The van der Waals surface area contributed by atoms with Gasteiger partial charge in [-0.2, -0.15) is 0 Å². The summed E-state index contributed by atoms with van der Waals surface area (Å²) in [5.74, 6) is -1.19. The van der Waals surface area contributed by atoms with Gasteiger partial charge in [0.05, 0.1) is 10.9 Å². The first-order valence-electron chi connectivity index (χ1n) is 5.52. The Morgan fingerprint density at radius 1 is 1.39 bits per heavy atom. The van der Waals surface area contributed by atoms with Crippen molar-refractivity contribution in [3.05, 3.63) is 45.1 Å². The van der Waals surface area contributed by atoms with Crippen molar-refractivity contribution in [3.8, 4) is 0 Å². The zero-order valence-electron chi connectivity index (χ0n) is 9.71. The van der Waals surface area contributed by atoms with Crippen molar-refractivity contribution in [3.63, 3.8) is 0 Å². The van der Waals surface area contributed by atoms with Crippen molar-refractivity contribution in [1.29, 1.82) is 0 Å². The summed E-state index contributed by atoms with van der Waals surface area (Å²) >= 11 is 0. The normalized spacial score (nSPS) is 12.5. The first-order chi connectivity index (χ1) is 8.56. The molecule has 0 saturated heterocycles. The van der Waals surface area contributed by atoms with Crippen LogP contribution in [0.3, 0.4) is 0 Å². The number of carboxylic acids is 1. The number of rotatable bonds is 3. The molecule has 94 valence electrons. The average molecular weight is 248 g/mol. The van der Waals surface area contributed by atoms with Crippen molar-refractivity contribution >= 4 is 16.9 Å². The summed E-state index contributed by atoms with van der Waals surface area (Å²) in [5.41, 5.74) is -0.874. The molecule has 18 heavy (non-hydrogen) atoms. The van der Waals surface area contributed by atoms with Crippen LogP contribution in [0, 0.1) is 0 Å². The predicted octanol–water partition coefficient (Wildman–Crippen LogP) is 0.725. The number of hydrogen-bond donors (Lipinski definition) is 2. The fourth-order valence-corrected chi connectivity index (χ4v) is 1.93. The first-order valence-corrected chi connectivity index (χ1v) is 5.52. The number of nitrogens with one attached hydrogen (secondary N) is 1. The molecular weight excluding hydrogens is 236 g/mol. The summed E-state index contributed by atoms with van der Waals surface area (Å²) in [6.07, 6.45) is 0.163. The van der Waals surface area contributed by atoms with E-state index >= 15 is 0 Å². The maximum atomic E-state index is 12.1. The van der Waals surface area contributed by atoms with Gasteiger partial charge in [-0.3, -0.25) is 4.79 Å². The van der Waals surface area contributed by atoms with E-state index in [0.29, 0.717) is 10.9 Å². The first kappa shape index (κ1) is 12.1. The van der Waals surface area contributed by atoms with Crippen molar-refractivity contribution in [2.75, 3.05) is 0 Å². The molecule has 2 aromatic rings. The molecule has 2 N–H and O–H groups in total. The molecule has 0 amide bonds. The molecule has 6 heteroatoms. The number of fused-ring (bicyclic) bond motifs is 1. The summed E-state index contributed by atoms with van der Waals surface area (Å²) in [7, 11) is 0. The highest BCUT2D eigenvalue weighted by Crippen LogP contribution is 2.09. The third-order valence-electron chi connectivity index (χ3n) is 2.82. The van der Waals surface area contributed by atoms with Crippen LogP contribution in [0.2, 0.25) is 0 Å². The van der Waals surface area contributed by atoms with E-state index in [2.05, 4.69) is 4.98 Å². The Labute approximate surface area is 102 Å². The SMILES string of the molecule is CC[C@H](C(=O)O)n1c(=O)[nH]c2ccccc2c1=O. The van der Waals surface area contributed by atoms with E-state index in [1.807, 2.05) is 0 Å². The van der Waals surface area contributed by atoms with Gasteiger partial charge in [-0.25, -0.2) is 14.2 Å². The van der Waals surface area contributed by atoms with Crippen LogP contribution in [0.5, 0.6) is 0 Å². The van der Waals surface area contributed by atoms with Gasteiger partial charge in [0.25, 0.3) is 5.56 Å². The minimum Gasteiger partial charge on any atom is -0.480 e. The molecule has 2 rings (SSSR count). The van der Waals surface area contributed by atoms with Crippen LogP contribution in [-0.2, 0) is 4.79 Å². The van der Waals surface area contributed by atoms with Crippen molar-refractivity contribution in [2.45, 2.75) is 19.4 Å². The van der Waals surface area contributed by atoms with Crippen LogP contribution in [-0.4, -0.2) is 20.6 Å². The topological polar surface area (TPSA) is 92.2 Å². The molecule has 0 unspecified atom stereocenters. The Kier molecular flexibility index (Phi) is 3.01. The van der Waals surface area contributed by atoms with Crippen LogP contribution in [0.15, 0.2) is 33.9 Å². The number of carboxylic acid groups (broad SMARTS) is 1. The summed E-state index contributed by atoms with van der Waals surface area (Å²) in [6.45, 7) is 1.61. The molecule has 0 radical (unpaired) electrons. The highest BCUT2D eigenvalue weighted by atomic mass is 16.4. The van der Waals surface area contributed by atoms with Gasteiger partial charge in [0.1, 0.15) is 6.04 Å². The van der Waals surface area contributed by atoms with Gasteiger partial charge in [-0.15, -0.1) is 0 Å². The Bertz CT molecular complexity index is 714. The fourth-order valence-electron chi connectivity index (χ4n) is 1.93. The maximum Gasteiger partial charge on any atom is 0.329 e. The van der Waals surface area contributed by atoms with Crippen LogP contribution in [0.1, 0.15) is 19.4 Å². The molecule has 0 aliphatic carbocycles. The molecule has 1 atom stereocenters. The lowest BCUT2D eigenvalue weighted by atomic mass is 10.2. The molecule has 0 aliphatic rings. The third-order valence-corrected chi connectivity index (χ3v) is 2.82. The molecule has 1 aromatic heterocycles. The molecule has 1 heterocycles. The molecule has 0 fully saturated rings. The second-order valence-corrected chi connectivity index (χ2v) is 3.91. The van der Waals surface area contributed by atoms with E-state index in [4.69, 9.17) is 5.11 Å². The average Bonchev–Trinajstić information content (AvgIpc) is 2.34. The maximum absolute atomic E-state index is 12.1. The van der Waals surface area contributed by atoms with Gasteiger partial charge in [-0.05, 0) is 18.6 Å². The quantitative estimate of drug-likeness (QED) is 0.837. The monoisotopic (exact) mass is 248 g/mol. The number of H-pyrrole nitrogens is 1. The number of aromatic amines is 1. The Hall–Kier alpha value is -2.37. The number of aliphatic carboxylic acids is 1. The highest BCUT2D eigenvalue weighted by Gasteiger charge is 2.22. The summed E-state index contributed by atoms with van der Waals surface area (Å²) < 4.78 is 0.755. The summed E-state index contributed by atoms with van der Waals surface area (Å²) in [5, 5.41) is 9.34. The Balaban J connectivity index is 2.84. The molecule has 1 aromatic carbocycles. The molecular formula is C12H12N2O4. The number of nitrogens with zero attached hydrogens (tertiary/aromatic N) is 1. The zero-order chi connectivity index (χ0) is 13.3. The van der Waals surface area contributed by atoms with E-state index in [1.165, 1.54) is 0 Å². The molecule has 6 nitrogen and oxygen atoms in total. The summed E-state index contributed by atoms with van der Waals surface area (Å²) in [4.78, 5) is 37.5. The zero-order valence-corrected chi connectivity index (χ0v) is 9.71. The largest absolute Gasteiger partial charge is 0.480 e. The van der Waals surface area contributed by atoms with Crippen LogP contribution >= 0.6 is 0 Å². The summed E-state index contributed by atoms with van der Waals surface area (Å²) in [6, 6.07) is 5.36. The van der Waals surface area contributed by atoms with Crippen LogP contribution < -0.4 is 11.2 Å². The van der Waals surface area contributed by atoms with E-state index in [0.717, 1.165) is 4.57 Å². The molecule has 0 aliphatic heterocycles. The number of hydrogen-bond acceptors (Lipinski definition) is 3. The third kappa shape index (κ3) is 1.81. The lowest BCUT2D eigenvalue weighted by Gasteiger charge is -2.12. The highest BCUT2D eigenvalue weighted by molar-refractivity contribution is 5.78. The van der Waals surface area contributed by atoms with Gasteiger partial charge in [0.15, 0.2) is 0 Å². The number of para-hydroxylation sites is 1. The smallest absolute Gasteiger partial charge is 0.329 e. The van der Waals surface area contributed by atoms with E-state index < -0.39 is 23.3 Å².